The van der Waals surface area contributed by atoms with Gasteiger partial charge in [0.25, 0.3) is 0 Å². The number of aliphatic imine (C=N–C) groups is 1. The van der Waals surface area contributed by atoms with Crippen molar-refractivity contribution in [3.8, 4) is 22.6 Å². The molecule has 0 spiro atoms. The molecule has 2 aromatic heterocycles. The number of hydrogen-bond donors (Lipinski definition) is 1. The Bertz CT molecular complexity index is 1110. The van der Waals surface area contributed by atoms with Crippen LogP contribution >= 0.6 is 0 Å². The Balaban J connectivity index is 1.56. The van der Waals surface area contributed by atoms with E-state index >= 15 is 0 Å². The Morgan fingerprint density at radius 2 is 1.86 bits per heavy atom. The maximum atomic E-state index is 6.02. The fourth-order valence-electron chi connectivity index (χ4n) is 2.98. The Kier molecular flexibility index (Phi) is 4.93. The Morgan fingerprint density at radius 1 is 1.07 bits per heavy atom. The molecule has 28 heavy (non-hydrogen) atoms. The molecule has 4 aromatic rings. The summed E-state index contributed by atoms with van der Waals surface area (Å²) < 4.78 is 11.2. The van der Waals surface area contributed by atoms with Crippen LogP contribution in [-0.4, -0.2) is 11.2 Å². The van der Waals surface area contributed by atoms with E-state index in [1.807, 2.05) is 73.8 Å². The third kappa shape index (κ3) is 3.67. The van der Waals surface area contributed by atoms with E-state index in [1.165, 1.54) is 0 Å². The van der Waals surface area contributed by atoms with E-state index in [-0.39, 0.29) is 0 Å². The summed E-state index contributed by atoms with van der Waals surface area (Å²) in [6.07, 6.45) is 7.07. The SMILES string of the molecule is C=C(C=Nc1[nH]cc(-c2ccoc2)c1C)c1ccccc1Oc1ccccc1. The molecular formula is C24H20N2O2. The van der Waals surface area contributed by atoms with Crippen LogP contribution in [0.4, 0.5) is 5.82 Å². The number of ether oxygens (including phenoxy) is 1. The fourth-order valence-corrected chi connectivity index (χ4v) is 2.98. The molecule has 4 nitrogen and oxygen atoms in total. The van der Waals surface area contributed by atoms with Crippen molar-refractivity contribution in [2.75, 3.05) is 0 Å². The fraction of sp³-hybridized carbons (Fsp3) is 0.0417. The third-order valence-electron chi connectivity index (χ3n) is 4.50. The molecule has 2 heterocycles. The van der Waals surface area contributed by atoms with Gasteiger partial charge in [-0.1, -0.05) is 43.0 Å². The topological polar surface area (TPSA) is 50.5 Å². The molecule has 0 radical (unpaired) electrons. The van der Waals surface area contributed by atoms with E-state index in [1.54, 1.807) is 18.7 Å². The average molecular weight is 368 g/mol. The van der Waals surface area contributed by atoms with Crippen LogP contribution in [-0.2, 0) is 0 Å². The van der Waals surface area contributed by atoms with Crippen LogP contribution in [0.3, 0.4) is 0 Å². The lowest BCUT2D eigenvalue weighted by Gasteiger charge is -2.10. The van der Waals surface area contributed by atoms with Gasteiger partial charge in [-0.3, -0.25) is 0 Å². The molecule has 0 saturated heterocycles. The van der Waals surface area contributed by atoms with E-state index < -0.39 is 0 Å². The first-order valence-corrected chi connectivity index (χ1v) is 8.98. The van der Waals surface area contributed by atoms with E-state index in [9.17, 15) is 0 Å². The Morgan fingerprint density at radius 3 is 2.64 bits per heavy atom. The van der Waals surface area contributed by atoms with Crippen LogP contribution in [0.1, 0.15) is 11.1 Å². The average Bonchev–Trinajstić information content (AvgIpc) is 3.37. The second kappa shape index (κ2) is 7.84. The van der Waals surface area contributed by atoms with Gasteiger partial charge in [0.2, 0.25) is 0 Å². The van der Waals surface area contributed by atoms with Crippen LogP contribution in [0.5, 0.6) is 11.5 Å². The first kappa shape index (κ1) is 17.6. The van der Waals surface area contributed by atoms with Gasteiger partial charge < -0.3 is 14.1 Å². The Labute approximate surface area is 163 Å². The number of nitrogens with one attached hydrogen (secondary N) is 1. The molecule has 138 valence electrons. The molecule has 0 amide bonds. The molecule has 0 aliphatic rings. The summed E-state index contributed by atoms with van der Waals surface area (Å²) in [6.45, 7) is 6.20. The van der Waals surface area contributed by atoms with Gasteiger partial charge >= 0.3 is 0 Å². The number of rotatable bonds is 6. The highest BCUT2D eigenvalue weighted by atomic mass is 16.5. The summed E-state index contributed by atoms with van der Waals surface area (Å²) in [4.78, 5) is 7.81. The molecule has 0 unspecified atom stereocenters. The lowest BCUT2D eigenvalue weighted by Crippen LogP contribution is -1.91. The maximum Gasteiger partial charge on any atom is 0.135 e. The molecule has 0 aliphatic carbocycles. The maximum absolute atomic E-state index is 6.02. The summed E-state index contributed by atoms with van der Waals surface area (Å²) in [5, 5.41) is 0. The molecular weight excluding hydrogens is 348 g/mol. The lowest BCUT2D eigenvalue weighted by molar-refractivity contribution is 0.481. The van der Waals surface area contributed by atoms with Crippen molar-refractivity contribution in [2.45, 2.75) is 6.92 Å². The second-order valence-corrected chi connectivity index (χ2v) is 6.38. The minimum Gasteiger partial charge on any atom is -0.472 e. The largest absolute Gasteiger partial charge is 0.472 e. The third-order valence-corrected chi connectivity index (χ3v) is 4.50. The van der Waals surface area contributed by atoms with E-state index in [4.69, 9.17) is 9.15 Å². The summed E-state index contributed by atoms with van der Waals surface area (Å²) in [7, 11) is 0. The zero-order valence-corrected chi connectivity index (χ0v) is 15.6. The van der Waals surface area contributed by atoms with Crippen LogP contribution < -0.4 is 4.74 Å². The predicted octanol–water partition coefficient (Wildman–Crippen LogP) is 6.79. The lowest BCUT2D eigenvalue weighted by atomic mass is 10.1. The molecule has 1 N–H and O–H groups in total. The minimum absolute atomic E-state index is 0.743. The van der Waals surface area contributed by atoms with Crippen molar-refractivity contribution in [1.82, 2.24) is 4.98 Å². The van der Waals surface area contributed by atoms with Gasteiger partial charge in [-0.15, -0.1) is 0 Å². The molecule has 0 saturated carbocycles. The van der Waals surface area contributed by atoms with Crippen LogP contribution in [0.15, 0.2) is 95.4 Å². The number of aromatic nitrogens is 1. The summed E-state index contributed by atoms with van der Waals surface area (Å²) in [6, 6.07) is 19.4. The summed E-state index contributed by atoms with van der Waals surface area (Å²) in [5.41, 5.74) is 4.81. The van der Waals surface area contributed by atoms with E-state index in [0.717, 1.165) is 45.1 Å². The number of benzene rings is 2. The second-order valence-electron chi connectivity index (χ2n) is 6.38. The van der Waals surface area contributed by atoms with Crippen molar-refractivity contribution in [3.63, 3.8) is 0 Å². The minimum atomic E-state index is 0.743. The molecule has 4 heteroatoms. The van der Waals surface area contributed by atoms with Gasteiger partial charge in [-0.2, -0.15) is 0 Å². The van der Waals surface area contributed by atoms with Gasteiger partial charge in [0, 0.05) is 34.7 Å². The van der Waals surface area contributed by atoms with Gasteiger partial charge in [-0.05, 0) is 36.8 Å². The number of furan rings is 1. The monoisotopic (exact) mass is 368 g/mol. The molecule has 0 aliphatic heterocycles. The van der Waals surface area contributed by atoms with Crippen molar-refractivity contribution in [2.24, 2.45) is 4.99 Å². The number of H-pyrrole nitrogens is 1. The summed E-state index contributed by atoms with van der Waals surface area (Å²) >= 11 is 0. The highest BCUT2D eigenvalue weighted by Crippen LogP contribution is 2.32. The van der Waals surface area contributed by atoms with Gasteiger partial charge in [0.1, 0.15) is 17.3 Å². The first-order valence-electron chi connectivity index (χ1n) is 8.98. The van der Waals surface area contributed by atoms with Crippen LogP contribution in [0.2, 0.25) is 0 Å². The van der Waals surface area contributed by atoms with Gasteiger partial charge in [0.05, 0.1) is 12.5 Å². The number of nitrogens with zero attached hydrogens (tertiary/aromatic N) is 1. The first-order chi connectivity index (χ1) is 13.7. The Hall–Kier alpha value is -3.79. The quantitative estimate of drug-likeness (QED) is 0.381. The van der Waals surface area contributed by atoms with Crippen molar-refractivity contribution < 1.29 is 9.15 Å². The number of allylic oxidation sites excluding steroid dienone is 1. The number of hydrogen-bond acceptors (Lipinski definition) is 3. The van der Waals surface area contributed by atoms with Gasteiger partial charge in [0.15, 0.2) is 0 Å². The zero-order valence-electron chi connectivity index (χ0n) is 15.6. The van der Waals surface area contributed by atoms with Crippen molar-refractivity contribution in [3.05, 3.63) is 97.1 Å². The van der Waals surface area contributed by atoms with Crippen LogP contribution in [0, 0.1) is 6.92 Å². The molecule has 0 fully saturated rings. The molecule has 2 aromatic carbocycles. The normalized spacial score (nSPS) is 11.0. The van der Waals surface area contributed by atoms with Crippen molar-refractivity contribution >= 4 is 17.6 Å². The molecule has 0 bridgehead atoms. The summed E-state index contributed by atoms with van der Waals surface area (Å²) in [5.74, 6) is 2.32. The van der Waals surface area contributed by atoms with Gasteiger partial charge in [-0.25, -0.2) is 4.99 Å². The van der Waals surface area contributed by atoms with Crippen LogP contribution in [0.25, 0.3) is 16.7 Å². The molecule has 4 rings (SSSR count). The van der Waals surface area contributed by atoms with Crippen molar-refractivity contribution in [1.29, 1.82) is 0 Å². The number of para-hydroxylation sites is 2. The highest BCUT2D eigenvalue weighted by Gasteiger charge is 2.10. The smallest absolute Gasteiger partial charge is 0.135 e. The highest BCUT2D eigenvalue weighted by molar-refractivity contribution is 6.10. The predicted molar refractivity (Wildman–Crippen MR) is 113 cm³/mol. The molecule has 0 atom stereocenters. The zero-order chi connectivity index (χ0) is 19.3. The van der Waals surface area contributed by atoms with E-state index in [2.05, 4.69) is 16.6 Å². The standard InChI is InChI=1S/C24H20N2O2/c1-17(14-25-24-18(2)22(15-26-24)19-12-13-27-16-19)21-10-6-7-11-23(21)28-20-8-4-3-5-9-20/h3-16,26H,1H2,2H3. The number of aromatic amines is 1. The van der Waals surface area contributed by atoms with E-state index in [0.29, 0.717) is 0 Å².